The van der Waals surface area contributed by atoms with Gasteiger partial charge in [-0.25, -0.2) is 4.39 Å². The highest BCUT2D eigenvalue weighted by Gasteiger charge is 1.99. The zero-order valence-electron chi connectivity index (χ0n) is 10.5. The van der Waals surface area contributed by atoms with Crippen LogP contribution in [0.3, 0.4) is 0 Å². The minimum Gasteiger partial charge on any atom is -0.383 e. The van der Waals surface area contributed by atoms with Crippen LogP contribution in [0.2, 0.25) is 0 Å². The van der Waals surface area contributed by atoms with Crippen molar-refractivity contribution < 1.29 is 9.13 Å². The molecule has 0 amide bonds. The molecule has 0 aliphatic rings. The number of ether oxygens (including phenoxy) is 1. The zero-order chi connectivity index (χ0) is 12.5. The first-order valence-electron chi connectivity index (χ1n) is 5.91. The molecule has 0 unspecified atom stereocenters. The lowest BCUT2D eigenvalue weighted by Crippen LogP contribution is -2.21. The van der Waals surface area contributed by atoms with E-state index in [0.717, 1.165) is 19.5 Å². The highest BCUT2D eigenvalue weighted by molar-refractivity contribution is 5.53. The molecule has 0 saturated heterocycles. The molecule has 1 aromatic rings. The summed E-state index contributed by atoms with van der Waals surface area (Å²) in [5.74, 6) is -0.171. The molecule has 0 atom stereocenters. The number of hydrogen-bond acceptors (Lipinski definition) is 2. The van der Waals surface area contributed by atoms with Crippen molar-refractivity contribution in [3.8, 4) is 0 Å². The van der Waals surface area contributed by atoms with E-state index in [4.69, 9.17) is 4.74 Å². The molecule has 0 radical (unpaired) electrons. The van der Waals surface area contributed by atoms with Gasteiger partial charge in [0.25, 0.3) is 0 Å². The molecule has 1 rings (SSSR count). The molecular weight excluding hydrogens is 217 g/mol. The van der Waals surface area contributed by atoms with Gasteiger partial charge >= 0.3 is 0 Å². The van der Waals surface area contributed by atoms with E-state index in [2.05, 4.69) is 12.2 Å². The Morgan fingerprint density at radius 2 is 2.18 bits per heavy atom. The first-order chi connectivity index (χ1) is 8.27. The quantitative estimate of drug-likeness (QED) is 0.736. The van der Waals surface area contributed by atoms with Crippen molar-refractivity contribution >= 4 is 6.08 Å². The highest BCUT2D eigenvalue weighted by atomic mass is 19.1. The van der Waals surface area contributed by atoms with Gasteiger partial charge in [-0.2, -0.15) is 0 Å². The number of hydrogen-bond donors (Lipinski definition) is 1. The third-order valence-corrected chi connectivity index (χ3v) is 2.55. The lowest BCUT2D eigenvalue weighted by molar-refractivity contribution is 0.200. The second-order valence-corrected chi connectivity index (χ2v) is 3.85. The van der Waals surface area contributed by atoms with E-state index in [9.17, 15) is 4.39 Å². The molecule has 2 nitrogen and oxygen atoms in total. The Morgan fingerprint density at radius 1 is 1.41 bits per heavy atom. The Balaban J connectivity index is 2.57. The van der Waals surface area contributed by atoms with Crippen LogP contribution in [-0.2, 0) is 4.74 Å². The maximum absolute atomic E-state index is 13.4. The van der Waals surface area contributed by atoms with Crippen LogP contribution in [0, 0.1) is 5.82 Å². The highest BCUT2D eigenvalue weighted by Crippen LogP contribution is 2.12. The van der Waals surface area contributed by atoms with Crippen LogP contribution in [0.25, 0.3) is 6.08 Å². The summed E-state index contributed by atoms with van der Waals surface area (Å²) in [7, 11) is 1.68. The van der Waals surface area contributed by atoms with Crippen LogP contribution in [0.1, 0.15) is 18.9 Å². The predicted molar refractivity (Wildman–Crippen MR) is 69.4 cm³/mol. The maximum atomic E-state index is 13.4. The lowest BCUT2D eigenvalue weighted by Gasteiger charge is -2.07. The van der Waals surface area contributed by atoms with Gasteiger partial charge in [0, 0.05) is 25.8 Å². The minimum atomic E-state index is -0.171. The van der Waals surface area contributed by atoms with Gasteiger partial charge in [0.15, 0.2) is 0 Å². The molecule has 94 valence electrons. The van der Waals surface area contributed by atoms with Crippen molar-refractivity contribution in [2.24, 2.45) is 0 Å². The maximum Gasteiger partial charge on any atom is 0.130 e. The molecule has 3 heteroatoms. The molecule has 0 saturated carbocycles. The minimum absolute atomic E-state index is 0.171. The molecule has 1 N–H and O–H groups in total. The summed E-state index contributed by atoms with van der Waals surface area (Å²) in [6.07, 6.45) is 2.82. The predicted octanol–water partition coefficient (Wildman–Crippen LogP) is 2.86. The topological polar surface area (TPSA) is 21.3 Å². The van der Waals surface area contributed by atoms with Gasteiger partial charge in [-0.1, -0.05) is 36.8 Å². The molecular formula is C14H20FNO. The van der Waals surface area contributed by atoms with E-state index in [1.54, 1.807) is 19.2 Å². The molecule has 0 bridgehead atoms. The fourth-order valence-corrected chi connectivity index (χ4v) is 1.51. The van der Waals surface area contributed by atoms with Gasteiger partial charge in [-0.3, -0.25) is 0 Å². The van der Waals surface area contributed by atoms with Gasteiger partial charge in [0.2, 0.25) is 0 Å². The molecule has 0 aliphatic carbocycles. The van der Waals surface area contributed by atoms with Gasteiger partial charge in [0.05, 0.1) is 6.61 Å². The third kappa shape index (κ3) is 5.11. The Hall–Kier alpha value is -1.19. The van der Waals surface area contributed by atoms with Crippen LogP contribution in [0.4, 0.5) is 4.39 Å². The van der Waals surface area contributed by atoms with E-state index in [0.29, 0.717) is 12.2 Å². The largest absolute Gasteiger partial charge is 0.383 e. The van der Waals surface area contributed by atoms with Crippen molar-refractivity contribution in [2.75, 3.05) is 26.8 Å². The normalized spacial score (nSPS) is 11.8. The summed E-state index contributed by atoms with van der Waals surface area (Å²) in [5, 5.41) is 3.26. The van der Waals surface area contributed by atoms with E-state index in [1.165, 1.54) is 11.6 Å². The van der Waals surface area contributed by atoms with Gasteiger partial charge in [-0.05, 0) is 12.5 Å². The fourth-order valence-electron chi connectivity index (χ4n) is 1.51. The first kappa shape index (κ1) is 13.9. The molecule has 0 aromatic heterocycles. The van der Waals surface area contributed by atoms with Crippen molar-refractivity contribution in [1.82, 2.24) is 5.32 Å². The number of nitrogens with one attached hydrogen (secondary N) is 1. The SMILES string of the molecule is CCC(=Cc1ccccc1F)CNCCOC. The van der Waals surface area contributed by atoms with Crippen LogP contribution in [-0.4, -0.2) is 26.8 Å². The molecule has 0 heterocycles. The van der Waals surface area contributed by atoms with E-state index < -0.39 is 0 Å². The van der Waals surface area contributed by atoms with Crippen molar-refractivity contribution in [3.05, 3.63) is 41.2 Å². The van der Waals surface area contributed by atoms with E-state index in [1.807, 2.05) is 12.1 Å². The van der Waals surface area contributed by atoms with E-state index in [-0.39, 0.29) is 5.82 Å². The Bertz CT molecular complexity index is 363. The van der Waals surface area contributed by atoms with Crippen LogP contribution in [0.5, 0.6) is 0 Å². The summed E-state index contributed by atoms with van der Waals surface area (Å²) in [6.45, 7) is 4.35. The summed E-state index contributed by atoms with van der Waals surface area (Å²) in [4.78, 5) is 0. The molecule has 0 aliphatic heterocycles. The first-order valence-corrected chi connectivity index (χ1v) is 5.91. The summed E-state index contributed by atoms with van der Waals surface area (Å²) in [6, 6.07) is 6.83. The lowest BCUT2D eigenvalue weighted by atomic mass is 10.1. The number of methoxy groups -OCH3 is 1. The average Bonchev–Trinajstić information content (AvgIpc) is 2.35. The Morgan fingerprint density at radius 3 is 2.82 bits per heavy atom. The molecule has 17 heavy (non-hydrogen) atoms. The monoisotopic (exact) mass is 237 g/mol. The van der Waals surface area contributed by atoms with E-state index >= 15 is 0 Å². The van der Waals surface area contributed by atoms with Gasteiger partial charge in [0.1, 0.15) is 5.82 Å². The van der Waals surface area contributed by atoms with Crippen molar-refractivity contribution in [1.29, 1.82) is 0 Å². The summed E-state index contributed by atoms with van der Waals surface area (Å²) >= 11 is 0. The molecule has 0 spiro atoms. The van der Waals surface area contributed by atoms with Crippen LogP contribution in [0.15, 0.2) is 29.8 Å². The molecule has 0 fully saturated rings. The second kappa shape index (κ2) is 7.98. The Kier molecular flexibility index (Phi) is 6.51. The van der Waals surface area contributed by atoms with Gasteiger partial charge in [-0.15, -0.1) is 0 Å². The van der Waals surface area contributed by atoms with Crippen LogP contribution >= 0.6 is 0 Å². The van der Waals surface area contributed by atoms with Crippen LogP contribution < -0.4 is 5.32 Å². The standard InChI is InChI=1S/C14H20FNO/c1-3-12(11-16-8-9-17-2)10-13-6-4-5-7-14(13)15/h4-7,10,16H,3,8-9,11H2,1-2H3. The van der Waals surface area contributed by atoms with Crippen molar-refractivity contribution in [2.45, 2.75) is 13.3 Å². The smallest absolute Gasteiger partial charge is 0.130 e. The van der Waals surface area contributed by atoms with Crippen molar-refractivity contribution in [3.63, 3.8) is 0 Å². The third-order valence-electron chi connectivity index (χ3n) is 2.55. The Labute approximate surface area is 102 Å². The number of benzene rings is 1. The summed E-state index contributed by atoms with van der Waals surface area (Å²) in [5.41, 5.74) is 1.84. The molecule has 1 aromatic carbocycles. The average molecular weight is 237 g/mol. The summed E-state index contributed by atoms with van der Waals surface area (Å²) < 4.78 is 18.4. The second-order valence-electron chi connectivity index (χ2n) is 3.85. The number of halogens is 1. The van der Waals surface area contributed by atoms with Gasteiger partial charge < -0.3 is 10.1 Å². The number of rotatable bonds is 7. The fraction of sp³-hybridized carbons (Fsp3) is 0.429. The zero-order valence-corrected chi connectivity index (χ0v) is 10.5.